The number of rotatable bonds is 6. The third kappa shape index (κ3) is 5.89. The van der Waals surface area contributed by atoms with Gasteiger partial charge in [0.25, 0.3) is 0 Å². The molecule has 0 spiro atoms. The van der Waals surface area contributed by atoms with Gasteiger partial charge in [-0.05, 0) is 37.6 Å². The maximum Gasteiger partial charge on any atom is 0.389 e. The molecular formula is C12H17F3N2O2S. The number of sulfonamides is 1. The molecule has 4 nitrogen and oxygen atoms in total. The highest BCUT2D eigenvalue weighted by molar-refractivity contribution is 7.89. The Morgan fingerprint density at radius 2 is 2.00 bits per heavy atom. The number of alkyl halides is 3. The van der Waals surface area contributed by atoms with Crippen molar-refractivity contribution in [1.82, 2.24) is 5.32 Å². The summed E-state index contributed by atoms with van der Waals surface area (Å²) in [5.74, 6) is 0. The normalized spacial score (nSPS) is 14.2. The van der Waals surface area contributed by atoms with Gasteiger partial charge in [-0.2, -0.15) is 13.2 Å². The molecule has 1 atom stereocenters. The van der Waals surface area contributed by atoms with Crippen LogP contribution in [0.1, 0.15) is 31.4 Å². The second kappa shape index (κ2) is 6.55. The molecule has 0 heterocycles. The van der Waals surface area contributed by atoms with Gasteiger partial charge in [-0.15, -0.1) is 0 Å². The highest BCUT2D eigenvalue weighted by Gasteiger charge is 2.25. The molecule has 8 heteroatoms. The van der Waals surface area contributed by atoms with Crippen molar-refractivity contribution in [3.8, 4) is 0 Å². The number of hydrogen-bond donors (Lipinski definition) is 2. The Labute approximate surface area is 116 Å². The minimum absolute atomic E-state index is 0.0149. The molecule has 0 radical (unpaired) electrons. The average Bonchev–Trinajstić information content (AvgIpc) is 2.32. The number of halogens is 3. The summed E-state index contributed by atoms with van der Waals surface area (Å²) >= 11 is 0. The van der Waals surface area contributed by atoms with E-state index in [1.807, 2.05) is 0 Å². The lowest BCUT2D eigenvalue weighted by atomic mass is 10.1. The molecule has 0 saturated heterocycles. The summed E-state index contributed by atoms with van der Waals surface area (Å²) in [5.41, 5.74) is 0.656. The summed E-state index contributed by atoms with van der Waals surface area (Å²) in [6, 6.07) is 5.76. The zero-order valence-corrected chi connectivity index (χ0v) is 11.8. The van der Waals surface area contributed by atoms with E-state index < -0.39 is 22.6 Å². The van der Waals surface area contributed by atoms with Crippen LogP contribution in [0.2, 0.25) is 0 Å². The summed E-state index contributed by atoms with van der Waals surface area (Å²) in [6.45, 7) is 1.94. The smallest absolute Gasteiger partial charge is 0.310 e. The Hall–Kier alpha value is -1.12. The highest BCUT2D eigenvalue weighted by Crippen LogP contribution is 2.21. The van der Waals surface area contributed by atoms with Crippen molar-refractivity contribution in [2.45, 2.75) is 36.9 Å². The van der Waals surface area contributed by atoms with E-state index in [9.17, 15) is 21.6 Å². The predicted octanol–water partition coefficient (Wildman–Crippen LogP) is 2.33. The molecule has 1 unspecified atom stereocenters. The first kappa shape index (κ1) is 16.9. The van der Waals surface area contributed by atoms with Crippen molar-refractivity contribution in [2.24, 2.45) is 5.14 Å². The molecule has 0 aromatic heterocycles. The van der Waals surface area contributed by atoms with Crippen LogP contribution in [0.15, 0.2) is 29.2 Å². The zero-order valence-electron chi connectivity index (χ0n) is 10.9. The first-order valence-electron chi connectivity index (χ1n) is 6.02. The van der Waals surface area contributed by atoms with Crippen molar-refractivity contribution in [3.63, 3.8) is 0 Å². The van der Waals surface area contributed by atoms with Crippen LogP contribution in [0.25, 0.3) is 0 Å². The van der Waals surface area contributed by atoms with Gasteiger partial charge < -0.3 is 5.32 Å². The Balaban J connectivity index is 2.58. The van der Waals surface area contributed by atoms with Crippen LogP contribution in [0.5, 0.6) is 0 Å². The molecule has 0 aliphatic carbocycles. The maximum atomic E-state index is 12.0. The van der Waals surface area contributed by atoms with Crippen molar-refractivity contribution < 1.29 is 21.6 Å². The lowest BCUT2D eigenvalue weighted by molar-refractivity contribution is -0.135. The van der Waals surface area contributed by atoms with Crippen molar-refractivity contribution in [1.29, 1.82) is 0 Å². The van der Waals surface area contributed by atoms with Gasteiger partial charge in [-0.25, -0.2) is 13.6 Å². The Bertz CT molecular complexity index is 544. The van der Waals surface area contributed by atoms with Gasteiger partial charge >= 0.3 is 6.18 Å². The molecule has 3 N–H and O–H groups in total. The summed E-state index contributed by atoms with van der Waals surface area (Å²) in [4.78, 5) is -0.0149. The van der Waals surface area contributed by atoms with Crippen LogP contribution in [0, 0.1) is 0 Å². The van der Waals surface area contributed by atoms with E-state index in [-0.39, 0.29) is 23.9 Å². The molecule has 0 aliphatic rings. The summed E-state index contributed by atoms with van der Waals surface area (Å²) < 4.78 is 58.4. The largest absolute Gasteiger partial charge is 0.389 e. The molecule has 0 saturated carbocycles. The number of benzene rings is 1. The minimum Gasteiger partial charge on any atom is -0.310 e. The Morgan fingerprint density at radius 3 is 2.55 bits per heavy atom. The monoisotopic (exact) mass is 310 g/mol. The van der Waals surface area contributed by atoms with E-state index in [1.54, 1.807) is 19.1 Å². The van der Waals surface area contributed by atoms with Gasteiger partial charge in [-0.3, -0.25) is 0 Å². The fourth-order valence-corrected chi connectivity index (χ4v) is 2.25. The van der Waals surface area contributed by atoms with Crippen molar-refractivity contribution >= 4 is 10.0 Å². The van der Waals surface area contributed by atoms with E-state index in [4.69, 9.17) is 5.14 Å². The van der Waals surface area contributed by atoms with Gasteiger partial charge in [0.15, 0.2) is 0 Å². The van der Waals surface area contributed by atoms with Gasteiger partial charge in [-0.1, -0.05) is 12.1 Å². The number of hydrogen-bond acceptors (Lipinski definition) is 3. The fraction of sp³-hybridized carbons (Fsp3) is 0.500. The van der Waals surface area contributed by atoms with Crippen LogP contribution in [0.3, 0.4) is 0 Å². The van der Waals surface area contributed by atoms with Crippen LogP contribution in [0.4, 0.5) is 13.2 Å². The highest BCUT2D eigenvalue weighted by atomic mass is 32.2. The second-order valence-electron chi connectivity index (χ2n) is 4.51. The van der Waals surface area contributed by atoms with E-state index in [0.717, 1.165) is 0 Å². The summed E-state index contributed by atoms with van der Waals surface area (Å²) in [5, 5.41) is 7.94. The lowest BCUT2D eigenvalue weighted by Gasteiger charge is -2.15. The Morgan fingerprint density at radius 1 is 1.35 bits per heavy atom. The number of primary sulfonamides is 1. The molecule has 0 fully saturated rings. The zero-order chi connectivity index (χ0) is 15.4. The van der Waals surface area contributed by atoms with Crippen molar-refractivity contribution in [3.05, 3.63) is 29.8 Å². The predicted molar refractivity (Wildman–Crippen MR) is 69.5 cm³/mol. The van der Waals surface area contributed by atoms with Gasteiger partial charge in [0.1, 0.15) is 0 Å². The van der Waals surface area contributed by atoms with E-state index >= 15 is 0 Å². The summed E-state index contributed by atoms with van der Waals surface area (Å²) in [7, 11) is -3.78. The van der Waals surface area contributed by atoms with Crippen LogP contribution >= 0.6 is 0 Å². The van der Waals surface area contributed by atoms with E-state index in [1.165, 1.54) is 12.1 Å². The standard InChI is InChI=1S/C12H17F3N2O2S/c1-9(17-7-3-6-12(13,14)15)10-4-2-5-11(8-10)20(16,18)19/h2,4-5,8-9,17H,3,6-7H2,1H3,(H2,16,18,19). The van der Waals surface area contributed by atoms with Gasteiger partial charge in [0, 0.05) is 12.5 Å². The molecule has 1 aromatic carbocycles. The first-order valence-corrected chi connectivity index (χ1v) is 7.57. The molecule has 0 aliphatic heterocycles. The SMILES string of the molecule is CC(NCCCC(F)(F)F)c1cccc(S(N)(=O)=O)c1. The molecule has 114 valence electrons. The molecule has 0 amide bonds. The van der Waals surface area contributed by atoms with Gasteiger partial charge in [0.2, 0.25) is 10.0 Å². The van der Waals surface area contributed by atoms with E-state index in [2.05, 4.69) is 5.32 Å². The maximum absolute atomic E-state index is 12.0. The topological polar surface area (TPSA) is 72.2 Å². The van der Waals surface area contributed by atoms with Gasteiger partial charge in [0.05, 0.1) is 4.90 Å². The van der Waals surface area contributed by atoms with Crippen LogP contribution < -0.4 is 10.5 Å². The molecular weight excluding hydrogens is 293 g/mol. The minimum atomic E-state index is -4.15. The number of nitrogens with one attached hydrogen (secondary N) is 1. The Kier molecular flexibility index (Phi) is 5.55. The molecule has 0 bridgehead atoms. The number of nitrogens with two attached hydrogens (primary N) is 1. The summed E-state index contributed by atoms with van der Waals surface area (Å²) in [6.07, 6.45) is -5.02. The van der Waals surface area contributed by atoms with E-state index in [0.29, 0.717) is 5.56 Å². The third-order valence-corrected chi connectivity index (χ3v) is 3.69. The molecule has 1 aromatic rings. The van der Waals surface area contributed by atoms with Crippen LogP contribution in [-0.4, -0.2) is 21.1 Å². The lowest BCUT2D eigenvalue weighted by Crippen LogP contribution is -2.22. The molecule has 1 rings (SSSR count). The third-order valence-electron chi connectivity index (χ3n) is 2.77. The first-order chi connectivity index (χ1) is 9.09. The van der Waals surface area contributed by atoms with Crippen LogP contribution in [-0.2, 0) is 10.0 Å². The molecule has 20 heavy (non-hydrogen) atoms. The second-order valence-corrected chi connectivity index (χ2v) is 6.07. The quantitative estimate of drug-likeness (QED) is 0.792. The average molecular weight is 310 g/mol. The van der Waals surface area contributed by atoms with Crippen molar-refractivity contribution in [2.75, 3.05) is 6.54 Å². The fourth-order valence-electron chi connectivity index (χ4n) is 1.69.